The minimum atomic E-state index is -0.459. The molecule has 3 aliphatic carbocycles. The van der Waals surface area contributed by atoms with Gasteiger partial charge in [-0.1, -0.05) is 30.3 Å². The van der Waals surface area contributed by atoms with Crippen LogP contribution in [0.1, 0.15) is 32.1 Å². The number of amidine groups is 1. The predicted molar refractivity (Wildman–Crippen MR) is 94.0 cm³/mol. The largest absolute Gasteiger partial charge is 0.454 e. The average molecular weight is 321 g/mol. The summed E-state index contributed by atoms with van der Waals surface area (Å²) in [4.78, 5) is 12.3. The van der Waals surface area contributed by atoms with Crippen LogP contribution in [0.15, 0.2) is 29.3 Å². The van der Waals surface area contributed by atoms with Crippen LogP contribution in [0, 0.1) is 5.92 Å². The van der Waals surface area contributed by atoms with Crippen molar-refractivity contribution in [1.82, 2.24) is 9.97 Å². The van der Waals surface area contributed by atoms with E-state index in [2.05, 4.69) is 20.3 Å². The Morgan fingerprint density at radius 3 is 2.83 bits per heavy atom. The highest BCUT2D eigenvalue weighted by Crippen LogP contribution is 2.60. The van der Waals surface area contributed by atoms with Gasteiger partial charge in [0, 0.05) is 5.92 Å². The Morgan fingerprint density at radius 2 is 2.08 bits per heavy atom. The van der Waals surface area contributed by atoms with Gasteiger partial charge in [0.15, 0.2) is 5.60 Å². The first-order chi connectivity index (χ1) is 11.6. The average Bonchev–Trinajstić information content (AvgIpc) is 3.08. The van der Waals surface area contributed by atoms with Gasteiger partial charge in [0.25, 0.3) is 6.02 Å². The molecule has 1 aromatic carbocycles. The minimum Gasteiger partial charge on any atom is -0.454 e. The van der Waals surface area contributed by atoms with E-state index in [-0.39, 0.29) is 11.5 Å². The van der Waals surface area contributed by atoms with E-state index >= 15 is 0 Å². The van der Waals surface area contributed by atoms with Crippen LogP contribution in [-0.4, -0.2) is 35.6 Å². The Bertz CT molecular complexity index is 792. The van der Waals surface area contributed by atoms with Gasteiger partial charge in [0.05, 0.1) is 18.9 Å². The first-order valence-corrected chi connectivity index (χ1v) is 8.59. The first kappa shape index (κ1) is 14.3. The van der Waals surface area contributed by atoms with Crippen LogP contribution >= 0.6 is 0 Å². The molecule has 4 aliphatic rings. The first-order valence-electron chi connectivity index (χ1n) is 8.59. The van der Waals surface area contributed by atoms with Crippen molar-refractivity contribution < 1.29 is 4.74 Å². The zero-order valence-electron chi connectivity index (χ0n) is 13.5. The van der Waals surface area contributed by atoms with Crippen LogP contribution in [0.2, 0.25) is 5.31 Å². The van der Waals surface area contributed by atoms with Crippen LogP contribution in [0.5, 0.6) is 0 Å². The topological polar surface area (TPSA) is 88.3 Å². The maximum atomic E-state index is 6.54. The zero-order valence-corrected chi connectivity index (χ0v) is 13.5. The number of aromatic nitrogens is 2. The molecule has 122 valence electrons. The third-order valence-corrected chi connectivity index (χ3v) is 5.96. The SMILES string of the molecule is [B]C12CCC(CC1)C1(C2)OC(Nc2nc3ccccc3[nH]2)=NC1N. The summed E-state index contributed by atoms with van der Waals surface area (Å²) in [5.74, 6) is 1.04. The third kappa shape index (κ3) is 2.00. The molecule has 2 bridgehead atoms. The predicted octanol–water partition coefficient (Wildman–Crippen LogP) is 2.31. The normalized spacial score (nSPS) is 37.6. The van der Waals surface area contributed by atoms with E-state index in [0.29, 0.717) is 17.9 Å². The van der Waals surface area contributed by atoms with Crippen LogP contribution in [0.3, 0.4) is 0 Å². The highest BCUT2D eigenvalue weighted by Gasteiger charge is 2.59. The van der Waals surface area contributed by atoms with Gasteiger partial charge in [-0.15, -0.1) is 0 Å². The second-order valence-corrected chi connectivity index (χ2v) is 7.48. The molecule has 2 aromatic rings. The molecule has 2 unspecified atom stereocenters. The van der Waals surface area contributed by atoms with E-state index in [1.165, 1.54) is 0 Å². The number of para-hydroxylation sites is 2. The highest BCUT2D eigenvalue weighted by atomic mass is 16.5. The Hall–Kier alpha value is -2.02. The number of rotatable bonds is 1. The lowest BCUT2D eigenvalue weighted by Crippen LogP contribution is -2.58. The number of hydrogen-bond donors (Lipinski definition) is 3. The Morgan fingerprint density at radius 1 is 1.29 bits per heavy atom. The van der Waals surface area contributed by atoms with Gasteiger partial charge in [0.1, 0.15) is 6.17 Å². The molecule has 0 saturated heterocycles. The van der Waals surface area contributed by atoms with Crippen molar-refractivity contribution in [3.63, 3.8) is 0 Å². The summed E-state index contributed by atoms with van der Waals surface area (Å²) >= 11 is 0. The van der Waals surface area contributed by atoms with Gasteiger partial charge >= 0.3 is 0 Å². The van der Waals surface area contributed by atoms with Crippen molar-refractivity contribution in [1.29, 1.82) is 0 Å². The fraction of sp³-hybridized carbons (Fsp3) is 0.529. The van der Waals surface area contributed by atoms with Gasteiger partial charge in [-0.25, -0.2) is 9.98 Å². The fourth-order valence-electron chi connectivity index (χ4n) is 4.69. The summed E-state index contributed by atoms with van der Waals surface area (Å²) in [5, 5.41) is 2.99. The maximum Gasteiger partial charge on any atom is 0.293 e. The van der Waals surface area contributed by atoms with Crippen molar-refractivity contribution in [2.24, 2.45) is 16.6 Å². The van der Waals surface area contributed by atoms with E-state index in [1.54, 1.807) is 0 Å². The molecular weight excluding hydrogens is 301 g/mol. The van der Waals surface area contributed by atoms with Gasteiger partial charge in [0.2, 0.25) is 5.95 Å². The summed E-state index contributed by atoms with van der Waals surface area (Å²) < 4.78 is 6.28. The lowest BCUT2D eigenvalue weighted by atomic mass is 9.46. The van der Waals surface area contributed by atoms with Crippen LogP contribution in [0.4, 0.5) is 5.95 Å². The highest BCUT2D eigenvalue weighted by molar-refractivity contribution is 6.15. The number of aromatic amines is 1. The molecule has 6 nitrogen and oxygen atoms in total. The number of hydrogen-bond acceptors (Lipinski definition) is 5. The monoisotopic (exact) mass is 321 g/mol. The summed E-state index contributed by atoms with van der Waals surface area (Å²) in [6, 6.07) is 8.31. The molecule has 24 heavy (non-hydrogen) atoms. The number of benzene rings is 1. The van der Waals surface area contributed by atoms with E-state index in [1.807, 2.05) is 24.3 Å². The minimum absolute atomic E-state index is 0.156. The lowest BCUT2D eigenvalue weighted by Gasteiger charge is -2.55. The quantitative estimate of drug-likeness (QED) is 0.703. The molecular formula is C17H20BN5O. The molecule has 3 fully saturated rings. The molecule has 1 aliphatic heterocycles. The Kier molecular flexibility index (Phi) is 2.84. The van der Waals surface area contributed by atoms with E-state index in [4.69, 9.17) is 18.3 Å². The molecule has 1 aromatic heterocycles. The molecule has 2 radical (unpaired) electrons. The Labute approximate surface area is 141 Å². The van der Waals surface area contributed by atoms with Crippen LogP contribution in [-0.2, 0) is 4.74 Å². The van der Waals surface area contributed by atoms with Crippen molar-refractivity contribution >= 4 is 30.8 Å². The number of imidazole rings is 1. The number of anilines is 1. The molecule has 1 spiro atoms. The molecule has 7 heteroatoms. The van der Waals surface area contributed by atoms with Crippen molar-refractivity contribution in [3.05, 3.63) is 24.3 Å². The smallest absolute Gasteiger partial charge is 0.293 e. The second kappa shape index (κ2) is 4.75. The number of nitrogens with zero attached hydrogens (tertiary/aromatic N) is 2. The van der Waals surface area contributed by atoms with Crippen molar-refractivity contribution in [3.8, 4) is 0 Å². The fourth-order valence-corrected chi connectivity index (χ4v) is 4.69. The maximum absolute atomic E-state index is 6.54. The number of nitrogens with two attached hydrogens (primary N) is 1. The molecule has 4 N–H and O–H groups in total. The third-order valence-electron chi connectivity index (χ3n) is 5.96. The van der Waals surface area contributed by atoms with Crippen molar-refractivity contribution in [2.45, 2.75) is 49.2 Å². The van der Waals surface area contributed by atoms with Gasteiger partial charge in [-0.2, -0.15) is 0 Å². The number of nitrogens with one attached hydrogen (secondary N) is 2. The van der Waals surface area contributed by atoms with Gasteiger partial charge in [-0.3, -0.25) is 5.32 Å². The lowest BCUT2D eigenvalue weighted by molar-refractivity contribution is -0.0796. The summed E-state index contributed by atoms with van der Waals surface area (Å²) in [6.07, 6.45) is 4.65. The van der Waals surface area contributed by atoms with Crippen LogP contribution < -0.4 is 11.1 Å². The summed E-state index contributed by atoms with van der Waals surface area (Å²) in [6.45, 7) is 0. The number of aliphatic imine (C=N–C) groups is 1. The van der Waals surface area contributed by atoms with E-state index < -0.39 is 5.60 Å². The summed E-state index contributed by atoms with van der Waals surface area (Å²) in [5.41, 5.74) is 7.78. The second-order valence-electron chi connectivity index (χ2n) is 7.48. The van der Waals surface area contributed by atoms with E-state index in [0.717, 1.165) is 43.1 Å². The number of fused-ring (bicyclic) bond motifs is 3. The van der Waals surface area contributed by atoms with Gasteiger partial charge in [-0.05, 0) is 31.4 Å². The Balaban J connectivity index is 1.40. The molecule has 0 amide bonds. The number of ether oxygens (including phenoxy) is 1. The standard InChI is InChI=1S/C17H20BN5O/c18-16-7-5-10(6-8-16)17(9-16)13(19)22-15(24-17)23-14-20-11-3-1-2-4-12(11)21-14/h1-4,10,13H,5-9,19H2,(H2,20,21,22,23). The van der Waals surface area contributed by atoms with E-state index in [9.17, 15) is 0 Å². The molecule has 2 heterocycles. The van der Waals surface area contributed by atoms with Gasteiger partial charge < -0.3 is 15.5 Å². The molecule has 6 rings (SSSR count). The zero-order chi connectivity index (χ0) is 16.4. The van der Waals surface area contributed by atoms with Crippen molar-refractivity contribution in [2.75, 3.05) is 5.32 Å². The number of H-pyrrole nitrogens is 1. The van der Waals surface area contributed by atoms with Crippen LogP contribution in [0.25, 0.3) is 11.0 Å². The molecule has 2 atom stereocenters. The summed E-state index contributed by atoms with van der Waals surface area (Å²) in [7, 11) is 6.54. The molecule has 3 saturated carbocycles.